The van der Waals surface area contributed by atoms with E-state index in [-0.39, 0.29) is 17.6 Å². The lowest BCUT2D eigenvalue weighted by atomic mass is 10.3. The van der Waals surface area contributed by atoms with E-state index >= 15 is 0 Å². The highest BCUT2D eigenvalue weighted by Crippen LogP contribution is 2.18. The average Bonchev–Trinajstić information content (AvgIpc) is 2.79. The standard InChI is InChI=1S/C9H11ClN6O2/c1-18-4(2-11)8(17)16-9-14-6(10)5-7(15-9)13-3-12-5/h3-4H,2,11H2,1H3,(H2,12,13,14,15,16,17). The van der Waals surface area contributed by atoms with Crippen LogP contribution in [0.5, 0.6) is 0 Å². The van der Waals surface area contributed by atoms with E-state index in [0.717, 1.165) is 0 Å². The summed E-state index contributed by atoms with van der Waals surface area (Å²) in [7, 11) is 1.39. The van der Waals surface area contributed by atoms with Gasteiger partial charge in [0, 0.05) is 13.7 Å². The lowest BCUT2D eigenvalue weighted by Crippen LogP contribution is -2.36. The van der Waals surface area contributed by atoms with Gasteiger partial charge in [0.05, 0.1) is 6.33 Å². The van der Waals surface area contributed by atoms with E-state index in [1.807, 2.05) is 0 Å². The summed E-state index contributed by atoms with van der Waals surface area (Å²) in [5, 5.41) is 2.64. The van der Waals surface area contributed by atoms with Crippen LogP contribution in [-0.2, 0) is 9.53 Å². The molecule has 96 valence electrons. The SMILES string of the molecule is COC(CN)C(=O)Nc1nc(Cl)c2[nH]cnc2n1. The largest absolute Gasteiger partial charge is 0.370 e. The van der Waals surface area contributed by atoms with Crippen LogP contribution in [0.3, 0.4) is 0 Å². The molecule has 1 amide bonds. The molecule has 0 aliphatic rings. The van der Waals surface area contributed by atoms with Crippen molar-refractivity contribution in [3.63, 3.8) is 0 Å². The van der Waals surface area contributed by atoms with E-state index in [2.05, 4.69) is 25.3 Å². The summed E-state index contributed by atoms with van der Waals surface area (Å²) in [6.45, 7) is 0.0563. The second kappa shape index (κ2) is 5.25. The topological polar surface area (TPSA) is 119 Å². The van der Waals surface area contributed by atoms with Gasteiger partial charge in [0.2, 0.25) is 5.95 Å². The molecule has 2 rings (SSSR count). The minimum absolute atomic E-state index is 0.0556. The highest BCUT2D eigenvalue weighted by atomic mass is 35.5. The Morgan fingerprint density at radius 1 is 1.67 bits per heavy atom. The van der Waals surface area contributed by atoms with Crippen LogP contribution in [0, 0.1) is 0 Å². The Balaban J connectivity index is 2.24. The molecule has 2 heterocycles. The number of nitrogens with zero attached hydrogens (tertiary/aromatic N) is 3. The number of amides is 1. The number of aromatic nitrogens is 4. The van der Waals surface area contributed by atoms with Crippen LogP contribution >= 0.6 is 11.6 Å². The number of methoxy groups -OCH3 is 1. The number of nitrogens with one attached hydrogen (secondary N) is 2. The molecule has 0 bridgehead atoms. The van der Waals surface area contributed by atoms with E-state index in [9.17, 15) is 4.79 Å². The summed E-state index contributed by atoms with van der Waals surface area (Å²) in [5.74, 6) is -0.383. The molecule has 0 spiro atoms. The molecule has 4 N–H and O–H groups in total. The van der Waals surface area contributed by atoms with Gasteiger partial charge in [-0.15, -0.1) is 0 Å². The molecule has 8 nitrogen and oxygen atoms in total. The van der Waals surface area contributed by atoms with Gasteiger partial charge in [-0.2, -0.15) is 9.97 Å². The average molecular weight is 271 g/mol. The van der Waals surface area contributed by atoms with Crippen LogP contribution in [-0.4, -0.2) is 45.6 Å². The molecular formula is C9H11ClN6O2. The highest BCUT2D eigenvalue weighted by molar-refractivity contribution is 6.33. The summed E-state index contributed by atoms with van der Waals surface area (Å²) in [6, 6.07) is 0. The van der Waals surface area contributed by atoms with Gasteiger partial charge in [-0.05, 0) is 0 Å². The maximum absolute atomic E-state index is 11.7. The van der Waals surface area contributed by atoms with E-state index in [1.54, 1.807) is 0 Å². The normalized spacial score (nSPS) is 12.6. The third kappa shape index (κ3) is 2.40. The van der Waals surface area contributed by atoms with Crippen LogP contribution in [0.15, 0.2) is 6.33 Å². The Morgan fingerprint density at radius 2 is 2.44 bits per heavy atom. The second-order valence-electron chi connectivity index (χ2n) is 3.39. The predicted molar refractivity (Wildman–Crippen MR) is 65.2 cm³/mol. The number of fused-ring (bicyclic) bond motifs is 1. The summed E-state index contributed by atoms with van der Waals surface area (Å²) in [6.07, 6.45) is 0.677. The van der Waals surface area contributed by atoms with Crippen LogP contribution in [0.4, 0.5) is 5.95 Å². The number of imidazole rings is 1. The fourth-order valence-electron chi connectivity index (χ4n) is 1.35. The number of halogens is 1. The summed E-state index contributed by atoms with van der Waals surface area (Å²) in [5.41, 5.74) is 6.25. The lowest BCUT2D eigenvalue weighted by molar-refractivity contribution is -0.125. The van der Waals surface area contributed by atoms with Gasteiger partial charge >= 0.3 is 0 Å². The zero-order chi connectivity index (χ0) is 13.1. The predicted octanol–water partition coefficient (Wildman–Crippen LogP) is -0.0815. The molecule has 0 aromatic carbocycles. The monoisotopic (exact) mass is 270 g/mol. The molecule has 1 unspecified atom stereocenters. The Kier molecular flexibility index (Phi) is 3.70. The lowest BCUT2D eigenvalue weighted by Gasteiger charge is -2.11. The summed E-state index contributed by atoms with van der Waals surface area (Å²) >= 11 is 5.90. The third-order valence-corrected chi connectivity index (χ3v) is 2.54. The van der Waals surface area contributed by atoms with Gasteiger partial charge in [0.15, 0.2) is 10.8 Å². The number of H-pyrrole nitrogens is 1. The number of ether oxygens (including phenoxy) is 1. The van der Waals surface area contributed by atoms with Crippen molar-refractivity contribution >= 4 is 34.6 Å². The first-order chi connectivity index (χ1) is 8.65. The van der Waals surface area contributed by atoms with Crippen molar-refractivity contribution in [3.8, 4) is 0 Å². The smallest absolute Gasteiger partial charge is 0.257 e. The summed E-state index contributed by atoms with van der Waals surface area (Å²) in [4.78, 5) is 26.4. The van der Waals surface area contributed by atoms with Crippen molar-refractivity contribution in [1.29, 1.82) is 0 Å². The van der Waals surface area contributed by atoms with Crippen LogP contribution in [0.1, 0.15) is 0 Å². The molecule has 0 aliphatic carbocycles. The second-order valence-corrected chi connectivity index (χ2v) is 3.75. The van der Waals surface area contributed by atoms with Gasteiger partial charge in [0.25, 0.3) is 5.91 Å². The molecule has 2 aromatic heterocycles. The fourth-order valence-corrected chi connectivity index (χ4v) is 1.57. The van der Waals surface area contributed by atoms with Crippen LogP contribution in [0.2, 0.25) is 5.15 Å². The number of nitrogens with two attached hydrogens (primary N) is 1. The van der Waals surface area contributed by atoms with Gasteiger partial charge in [-0.25, -0.2) is 4.98 Å². The minimum Gasteiger partial charge on any atom is -0.370 e. The van der Waals surface area contributed by atoms with Crippen molar-refractivity contribution < 1.29 is 9.53 Å². The first-order valence-corrected chi connectivity index (χ1v) is 5.44. The first-order valence-electron chi connectivity index (χ1n) is 5.06. The van der Waals surface area contributed by atoms with Crippen molar-refractivity contribution in [2.75, 3.05) is 19.0 Å². The Labute approximate surface area is 107 Å². The van der Waals surface area contributed by atoms with Crippen molar-refractivity contribution in [1.82, 2.24) is 19.9 Å². The van der Waals surface area contributed by atoms with Gasteiger partial charge < -0.3 is 15.5 Å². The van der Waals surface area contributed by atoms with Gasteiger partial charge in [-0.1, -0.05) is 11.6 Å². The molecule has 18 heavy (non-hydrogen) atoms. The molecule has 2 aromatic rings. The maximum atomic E-state index is 11.7. The van der Waals surface area contributed by atoms with Gasteiger partial charge in [-0.3, -0.25) is 10.1 Å². The number of hydrogen-bond acceptors (Lipinski definition) is 6. The quantitative estimate of drug-likeness (QED) is 0.669. The Bertz CT molecular complexity index is 567. The maximum Gasteiger partial charge on any atom is 0.257 e. The number of carbonyl (C=O) groups excluding carboxylic acids is 1. The molecule has 0 aliphatic heterocycles. The van der Waals surface area contributed by atoms with Crippen LogP contribution < -0.4 is 11.1 Å². The number of carbonyl (C=O) groups is 1. The van der Waals surface area contributed by atoms with Crippen molar-refractivity contribution in [3.05, 3.63) is 11.5 Å². The minimum atomic E-state index is -0.762. The number of hydrogen-bond donors (Lipinski definition) is 3. The Hall–Kier alpha value is -1.77. The molecule has 1 atom stereocenters. The number of aromatic amines is 1. The third-order valence-electron chi connectivity index (χ3n) is 2.27. The number of anilines is 1. The first kappa shape index (κ1) is 12.7. The highest BCUT2D eigenvalue weighted by Gasteiger charge is 2.18. The van der Waals surface area contributed by atoms with Crippen molar-refractivity contribution in [2.24, 2.45) is 5.73 Å². The summed E-state index contributed by atoms with van der Waals surface area (Å²) < 4.78 is 4.89. The molecule has 0 saturated carbocycles. The molecular weight excluding hydrogens is 260 g/mol. The van der Waals surface area contributed by atoms with E-state index in [4.69, 9.17) is 22.1 Å². The van der Waals surface area contributed by atoms with E-state index in [1.165, 1.54) is 13.4 Å². The molecule has 0 radical (unpaired) electrons. The number of rotatable bonds is 4. The molecule has 0 fully saturated rings. The molecule has 0 saturated heterocycles. The van der Waals surface area contributed by atoms with E-state index in [0.29, 0.717) is 11.2 Å². The van der Waals surface area contributed by atoms with E-state index < -0.39 is 12.0 Å². The van der Waals surface area contributed by atoms with Crippen LogP contribution in [0.25, 0.3) is 11.2 Å². The zero-order valence-electron chi connectivity index (χ0n) is 9.48. The molecule has 9 heteroatoms. The van der Waals surface area contributed by atoms with Crippen molar-refractivity contribution in [2.45, 2.75) is 6.10 Å². The zero-order valence-corrected chi connectivity index (χ0v) is 10.2. The van der Waals surface area contributed by atoms with Gasteiger partial charge in [0.1, 0.15) is 11.6 Å². The Morgan fingerprint density at radius 3 is 3.11 bits per heavy atom. The fraction of sp³-hybridized carbons (Fsp3) is 0.333.